The highest BCUT2D eigenvalue weighted by atomic mass is 35.5. The zero-order valence-electron chi connectivity index (χ0n) is 12.1. The van der Waals surface area contributed by atoms with Gasteiger partial charge in [0.15, 0.2) is 0 Å². The number of rotatable bonds is 3. The quantitative estimate of drug-likeness (QED) is 0.940. The number of halogens is 1. The number of anilines is 1. The molecule has 0 unspecified atom stereocenters. The maximum Gasteiger partial charge on any atom is 0.124 e. The van der Waals surface area contributed by atoms with E-state index in [1.165, 1.54) is 16.8 Å². The van der Waals surface area contributed by atoms with E-state index < -0.39 is 0 Å². The van der Waals surface area contributed by atoms with E-state index in [9.17, 15) is 0 Å². The second-order valence-electron chi connectivity index (χ2n) is 5.18. The molecule has 4 heteroatoms. The van der Waals surface area contributed by atoms with E-state index >= 15 is 0 Å². The Labute approximate surface area is 130 Å². The molecule has 0 fully saturated rings. The monoisotopic (exact) mass is 302 g/mol. The number of hydrogen-bond acceptors (Lipinski definition) is 3. The van der Waals surface area contributed by atoms with Crippen LogP contribution in [0.1, 0.15) is 11.1 Å². The molecular weight excluding hydrogens is 284 g/mol. The lowest BCUT2D eigenvalue weighted by Gasteiger charge is -2.25. The van der Waals surface area contributed by atoms with Gasteiger partial charge in [0.05, 0.1) is 6.54 Å². The van der Waals surface area contributed by atoms with Gasteiger partial charge >= 0.3 is 0 Å². The summed E-state index contributed by atoms with van der Waals surface area (Å²) in [6.45, 7) is 3.20. The molecule has 3 nitrogen and oxygen atoms in total. The van der Waals surface area contributed by atoms with E-state index in [4.69, 9.17) is 16.3 Å². The molecule has 2 aromatic carbocycles. The maximum absolute atomic E-state index is 6.20. The average molecular weight is 303 g/mol. The Hall–Kier alpha value is -1.71. The summed E-state index contributed by atoms with van der Waals surface area (Å²) in [6.07, 6.45) is 0. The first-order chi connectivity index (χ1) is 10.3. The molecule has 0 atom stereocenters. The molecule has 3 rings (SSSR count). The number of nitrogens with zero attached hydrogens (tertiary/aromatic N) is 1. The largest absolute Gasteiger partial charge is 0.491 e. The lowest BCUT2D eigenvalue weighted by atomic mass is 10.1. The van der Waals surface area contributed by atoms with Crippen LogP contribution in [0.4, 0.5) is 5.69 Å². The summed E-state index contributed by atoms with van der Waals surface area (Å²) in [4.78, 5) is 2.34. The first kappa shape index (κ1) is 14.2. The van der Waals surface area contributed by atoms with Crippen LogP contribution in [0.2, 0.25) is 5.02 Å². The molecule has 0 amide bonds. The van der Waals surface area contributed by atoms with E-state index in [-0.39, 0.29) is 0 Å². The predicted molar refractivity (Wildman–Crippen MR) is 87.2 cm³/mol. The molecule has 0 saturated heterocycles. The fourth-order valence-electron chi connectivity index (χ4n) is 2.70. The van der Waals surface area contributed by atoms with Gasteiger partial charge in [0.2, 0.25) is 0 Å². The number of para-hydroxylation sites is 1. The Morgan fingerprint density at radius 2 is 2.10 bits per heavy atom. The van der Waals surface area contributed by atoms with Gasteiger partial charge < -0.3 is 15.0 Å². The molecule has 1 aliphatic heterocycles. The molecule has 1 aliphatic rings. The smallest absolute Gasteiger partial charge is 0.124 e. The fraction of sp³-hybridized carbons (Fsp3) is 0.294. The van der Waals surface area contributed by atoms with E-state index in [0.29, 0.717) is 6.61 Å². The molecular formula is C17H19ClN2O. The summed E-state index contributed by atoms with van der Waals surface area (Å²) in [6, 6.07) is 14.3. The minimum atomic E-state index is 0.683. The molecule has 0 aromatic heterocycles. The fourth-order valence-corrected chi connectivity index (χ4v) is 2.87. The molecule has 21 heavy (non-hydrogen) atoms. The van der Waals surface area contributed by atoms with Crippen molar-refractivity contribution in [2.75, 3.05) is 25.1 Å². The predicted octanol–water partition coefficient (Wildman–Crippen LogP) is 3.46. The molecule has 0 saturated carbocycles. The molecule has 1 heterocycles. The highest BCUT2D eigenvalue weighted by Crippen LogP contribution is 2.30. The Kier molecular flexibility index (Phi) is 4.32. The van der Waals surface area contributed by atoms with Crippen molar-refractivity contribution in [2.45, 2.75) is 13.1 Å². The van der Waals surface area contributed by atoms with Gasteiger partial charge in [-0.2, -0.15) is 0 Å². The van der Waals surface area contributed by atoms with Crippen LogP contribution in [-0.2, 0) is 13.1 Å². The third kappa shape index (κ3) is 3.14. The third-order valence-corrected chi connectivity index (χ3v) is 3.94. The van der Waals surface area contributed by atoms with Gasteiger partial charge in [0.25, 0.3) is 0 Å². The normalized spacial score (nSPS) is 14.3. The molecule has 0 aliphatic carbocycles. The third-order valence-electron chi connectivity index (χ3n) is 3.71. The summed E-state index contributed by atoms with van der Waals surface area (Å²) in [5.74, 6) is 0.984. The van der Waals surface area contributed by atoms with Crippen molar-refractivity contribution in [3.8, 4) is 5.75 Å². The topological polar surface area (TPSA) is 24.5 Å². The molecule has 1 N–H and O–H groups in total. The van der Waals surface area contributed by atoms with Crippen LogP contribution >= 0.6 is 11.6 Å². The number of nitrogens with one attached hydrogen (secondary N) is 1. The first-order valence-electron chi connectivity index (χ1n) is 7.16. The van der Waals surface area contributed by atoms with Crippen molar-refractivity contribution in [1.82, 2.24) is 5.32 Å². The summed E-state index contributed by atoms with van der Waals surface area (Å²) < 4.78 is 5.84. The molecule has 0 bridgehead atoms. The molecule has 2 aromatic rings. The number of hydrogen-bond donors (Lipinski definition) is 1. The van der Waals surface area contributed by atoms with Crippen molar-refractivity contribution in [3.05, 3.63) is 58.6 Å². The van der Waals surface area contributed by atoms with Crippen molar-refractivity contribution in [1.29, 1.82) is 0 Å². The van der Waals surface area contributed by atoms with Gasteiger partial charge in [0, 0.05) is 29.4 Å². The molecule has 110 valence electrons. The molecule has 0 radical (unpaired) electrons. The standard InChI is InChI=1S/C17H19ClN2O/c1-19-11-13-6-7-15(18)10-16(13)20-8-9-21-17-5-3-2-4-14(17)12-20/h2-7,10,19H,8-9,11-12H2,1H3. The van der Waals surface area contributed by atoms with Crippen LogP contribution in [0.25, 0.3) is 0 Å². The lowest BCUT2D eigenvalue weighted by Crippen LogP contribution is -2.27. The van der Waals surface area contributed by atoms with E-state index in [1.54, 1.807) is 0 Å². The van der Waals surface area contributed by atoms with Crippen LogP contribution in [0.3, 0.4) is 0 Å². The maximum atomic E-state index is 6.20. The number of fused-ring (bicyclic) bond motifs is 1. The highest BCUT2D eigenvalue weighted by molar-refractivity contribution is 6.30. The van der Waals surface area contributed by atoms with Crippen molar-refractivity contribution in [2.24, 2.45) is 0 Å². The minimum Gasteiger partial charge on any atom is -0.491 e. The summed E-state index contributed by atoms with van der Waals surface area (Å²) in [5.41, 5.74) is 3.64. The van der Waals surface area contributed by atoms with Gasteiger partial charge in [0.1, 0.15) is 12.4 Å². The van der Waals surface area contributed by atoms with Crippen LogP contribution in [0.5, 0.6) is 5.75 Å². The van der Waals surface area contributed by atoms with Gasteiger partial charge in [-0.1, -0.05) is 35.9 Å². The average Bonchev–Trinajstić information content (AvgIpc) is 2.71. The van der Waals surface area contributed by atoms with Crippen LogP contribution < -0.4 is 15.0 Å². The molecule has 0 spiro atoms. The van der Waals surface area contributed by atoms with Crippen molar-refractivity contribution >= 4 is 17.3 Å². The van der Waals surface area contributed by atoms with Gasteiger partial charge in [-0.15, -0.1) is 0 Å². The SMILES string of the molecule is CNCc1ccc(Cl)cc1N1CCOc2ccccc2C1. The van der Waals surface area contributed by atoms with Crippen LogP contribution in [0.15, 0.2) is 42.5 Å². The Morgan fingerprint density at radius 3 is 2.95 bits per heavy atom. The van der Waals surface area contributed by atoms with Crippen molar-refractivity contribution in [3.63, 3.8) is 0 Å². The van der Waals surface area contributed by atoms with Gasteiger partial charge in [-0.25, -0.2) is 0 Å². The second-order valence-corrected chi connectivity index (χ2v) is 5.62. The highest BCUT2D eigenvalue weighted by Gasteiger charge is 2.17. The summed E-state index contributed by atoms with van der Waals surface area (Å²) in [7, 11) is 1.96. The lowest BCUT2D eigenvalue weighted by molar-refractivity contribution is 0.331. The minimum absolute atomic E-state index is 0.683. The van der Waals surface area contributed by atoms with E-state index in [2.05, 4.69) is 28.4 Å². The zero-order valence-corrected chi connectivity index (χ0v) is 12.9. The van der Waals surface area contributed by atoms with E-state index in [0.717, 1.165) is 30.4 Å². The van der Waals surface area contributed by atoms with Gasteiger partial charge in [-0.05, 0) is 30.8 Å². The van der Waals surface area contributed by atoms with Gasteiger partial charge in [-0.3, -0.25) is 0 Å². The van der Waals surface area contributed by atoms with E-state index in [1.807, 2.05) is 31.3 Å². The van der Waals surface area contributed by atoms with Crippen molar-refractivity contribution < 1.29 is 4.74 Å². The Morgan fingerprint density at radius 1 is 1.24 bits per heavy atom. The first-order valence-corrected chi connectivity index (χ1v) is 7.54. The van der Waals surface area contributed by atoms with Crippen LogP contribution in [-0.4, -0.2) is 20.2 Å². The zero-order chi connectivity index (χ0) is 14.7. The summed E-state index contributed by atoms with van der Waals surface area (Å²) >= 11 is 6.20. The Bertz CT molecular complexity index is 630. The number of benzene rings is 2. The van der Waals surface area contributed by atoms with Crippen LogP contribution in [0, 0.1) is 0 Å². The summed E-state index contributed by atoms with van der Waals surface area (Å²) in [5, 5.41) is 3.98. The number of ether oxygens (including phenoxy) is 1. The second kappa shape index (κ2) is 6.37. The Balaban J connectivity index is 1.95.